The molecule has 1 aromatic rings. The third kappa shape index (κ3) is 3.78. The third-order valence-corrected chi connectivity index (χ3v) is 5.10. The van der Waals surface area contributed by atoms with E-state index in [2.05, 4.69) is 44.7 Å². The van der Waals surface area contributed by atoms with Crippen LogP contribution in [0.3, 0.4) is 0 Å². The van der Waals surface area contributed by atoms with Crippen molar-refractivity contribution in [2.24, 2.45) is 0 Å². The molecule has 0 aromatic heterocycles. The van der Waals surface area contributed by atoms with Gasteiger partial charge < -0.3 is 4.74 Å². The van der Waals surface area contributed by atoms with Crippen LogP contribution >= 0.6 is 12.4 Å². The van der Waals surface area contributed by atoms with E-state index < -0.39 is 5.41 Å². The molecule has 2 unspecified atom stereocenters. The second kappa shape index (κ2) is 8.87. The van der Waals surface area contributed by atoms with Crippen LogP contribution in [0, 0.1) is 0 Å². The highest BCUT2D eigenvalue weighted by Gasteiger charge is 2.54. The minimum Gasteiger partial charge on any atom is -0.465 e. The number of halogens is 1. The largest absolute Gasteiger partial charge is 0.465 e. The number of benzene rings is 1. The maximum Gasteiger partial charge on any atom is 0.318 e. The molecule has 1 aliphatic rings. The molecular weight excluding hydrogens is 322 g/mol. The Kier molecular flexibility index (Phi) is 7.75. The number of rotatable bonds is 6. The van der Waals surface area contributed by atoms with Crippen LogP contribution in [0.4, 0.5) is 0 Å². The molecule has 1 aromatic carbocycles. The zero-order valence-electron chi connectivity index (χ0n) is 15.6. The number of carbonyl (C=O) groups excluding carboxylic acids is 1. The van der Waals surface area contributed by atoms with Gasteiger partial charge in [0, 0.05) is 18.1 Å². The predicted octanol–water partition coefficient (Wildman–Crippen LogP) is 4.58. The molecule has 0 radical (unpaired) electrons. The minimum absolute atomic E-state index is 0. The average molecular weight is 354 g/mol. The lowest BCUT2D eigenvalue weighted by Gasteiger charge is -2.44. The summed E-state index contributed by atoms with van der Waals surface area (Å²) in [4.78, 5) is 15.6. The Bertz CT molecular complexity index is 510. The van der Waals surface area contributed by atoms with E-state index in [0.717, 1.165) is 24.8 Å². The first-order valence-corrected chi connectivity index (χ1v) is 8.95. The lowest BCUT2D eigenvalue weighted by Crippen LogP contribution is -2.56. The van der Waals surface area contributed by atoms with Gasteiger partial charge in [-0.25, -0.2) is 0 Å². The Labute approximate surface area is 153 Å². The highest BCUT2D eigenvalue weighted by Crippen LogP contribution is 2.46. The molecule has 24 heavy (non-hydrogen) atoms. The zero-order valence-corrected chi connectivity index (χ0v) is 16.4. The number of nitrogens with zero attached hydrogens (tertiary/aromatic N) is 1. The second-order valence-electron chi connectivity index (χ2n) is 7.10. The Morgan fingerprint density at radius 2 is 1.79 bits per heavy atom. The molecule has 1 aliphatic carbocycles. The number of hydrogen-bond acceptors (Lipinski definition) is 3. The first-order valence-electron chi connectivity index (χ1n) is 8.95. The summed E-state index contributed by atoms with van der Waals surface area (Å²) >= 11 is 0. The van der Waals surface area contributed by atoms with Crippen LogP contribution in [-0.2, 0) is 14.9 Å². The fourth-order valence-electron chi connectivity index (χ4n) is 4.39. The lowest BCUT2D eigenvalue weighted by atomic mass is 9.74. The molecule has 0 aliphatic heterocycles. The van der Waals surface area contributed by atoms with E-state index in [0.29, 0.717) is 18.7 Å². The van der Waals surface area contributed by atoms with Crippen LogP contribution in [0.2, 0.25) is 0 Å². The van der Waals surface area contributed by atoms with Gasteiger partial charge in [-0.2, -0.15) is 0 Å². The monoisotopic (exact) mass is 353 g/mol. The molecule has 0 saturated heterocycles. The Hall–Kier alpha value is -1.06. The molecule has 0 amide bonds. The van der Waals surface area contributed by atoms with E-state index in [4.69, 9.17) is 4.74 Å². The summed E-state index contributed by atoms with van der Waals surface area (Å²) in [5.41, 5.74) is 0.568. The van der Waals surface area contributed by atoms with Crippen LogP contribution in [0.5, 0.6) is 0 Å². The molecule has 136 valence electrons. The van der Waals surface area contributed by atoms with E-state index in [1.54, 1.807) is 0 Å². The molecule has 1 fully saturated rings. The van der Waals surface area contributed by atoms with Gasteiger partial charge in [-0.15, -0.1) is 12.4 Å². The van der Waals surface area contributed by atoms with E-state index in [-0.39, 0.29) is 24.4 Å². The molecule has 0 spiro atoms. The minimum atomic E-state index is -0.536. The highest BCUT2D eigenvalue weighted by molar-refractivity contribution is 5.85. The molecule has 0 heterocycles. The standard InChI is InChI=1S/C20H31NO2.ClH/c1-6-23-19(22)20(17-11-8-7-9-12-17)14-10-13-18(20)21(15(2)3)16(4)5;/h7-9,11-12,15-16,18H,6,10,13-14H2,1-5H3;1H. The third-order valence-electron chi connectivity index (χ3n) is 5.10. The molecule has 2 rings (SSSR count). The molecule has 2 atom stereocenters. The maximum atomic E-state index is 13.1. The Balaban J connectivity index is 0.00000288. The van der Waals surface area contributed by atoms with Gasteiger partial charge in [-0.1, -0.05) is 36.8 Å². The zero-order chi connectivity index (χ0) is 17.0. The van der Waals surface area contributed by atoms with Gasteiger partial charge in [0.2, 0.25) is 0 Å². The summed E-state index contributed by atoms with van der Waals surface area (Å²) in [6.07, 6.45) is 2.98. The van der Waals surface area contributed by atoms with Crippen molar-refractivity contribution in [1.29, 1.82) is 0 Å². The van der Waals surface area contributed by atoms with E-state index in [9.17, 15) is 4.79 Å². The van der Waals surface area contributed by atoms with Crippen LogP contribution in [0.1, 0.15) is 59.4 Å². The van der Waals surface area contributed by atoms with Crippen molar-refractivity contribution in [2.45, 2.75) is 77.4 Å². The average Bonchev–Trinajstić information content (AvgIpc) is 2.93. The summed E-state index contributed by atoms with van der Waals surface area (Å²) in [6, 6.07) is 11.2. The van der Waals surface area contributed by atoms with E-state index in [1.165, 1.54) is 0 Å². The number of hydrogen-bond donors (Lipinski definition) is 0. The van der Waals surface area contributed by atoms with Crippen molar-refractivity contribution in [3.63, 3.8) is 0 Å². The summed E-state index contributed by atoms with van der Waals surface area (Å²) in [6.45, 7) is 11.2. The van der Waals surface area contributed by atoms with E-state index in [1.807, 2.05) is 25.1 Å². The molecule has 1 saturated carbocycles. The maximum absolute atomic E-state index is 13.1. The fraction of sp³-hybridized carbons (Fsp3) is 0.650. The first kappa shape index (κ1) is 21.0. The van der Waals surface area contributed by atoms with Gasteiger partial charge in [0.15, 0.2) is 0 Å². The summed E-state index contributed by atoms with van der Waals surface area (Å²) in [5, 5.41) is 0. The van der Waals surface area contributed by atoms with Crippen LogP contribution in [-0.4, -0.2) is 35.6 Å². The van der Waals surface area contributed by atoms with Crippen molar-refractivity contribution >= 4 is 18.4 Å². The van der Waals surface area contributed by atoms with Gasteiger partial charge in [-0.05, 0) is 53.0 Å². The molecule has 0 bridgehead atoms. The van der Waals surface area contributed by atoms with Gasteiger partial charge in [0.25, 0.3) is 0 Å². The SMILES string of the molecule is CCOC(=O)C1(c2ccccc2)CCCC1N(C(C)C)C(C)C.Cl. The van der Waals surface area contributed by atoms with Gasteiger partial charge in [0.05, 0.1) is 6.61 Å². The fourth-order valence-corrected chi connectivity index (χ4v) is 4.39. The molecular formula is C20H32ClNO2. The highest BCUT2D eigenvalue weighted by atomic mass is 35.5. The van der Waals surface area contributed by atoms with Crippen molar-refractivity contribution in [2.75, 3.05) is 6.61 Å². The normalized spacial score (nSPS) is 23.6. The van der Waals surface area contributed by atoms with Crippen LogP contribution in [0.25, 0.3) is 0 Å². The molecule has 3 nitrogen and oxygen atoms in total. The summed E-state index contributed by atoms with van der Waals surface area (Å²) < 4.78 is 5.56. The second-order valence-corrected chi connectivity index (χ2v) is 7.10. The number of ether oxygens (including phenoxy) is 1. The van der Waals surface area contributed by atoms with Gasteiger partial charge >= 0.3 is 5.97 Å². The predicted molar refractivity (Wildman–Crippen MR) is 102 cm³/mol. The van der Waals surface area contributed by atoms with Crippen molar-refractivity contribution in [1.82, 2.24) is 4.90 Å². The molecule has 4 heteroatoms. The number of esters is 1. The van der Waals surface area contributed by atoms with Crippen LogP contribution in [0.15, 0.2) is 30.3 Å². The number of carbonyl (C=O) groups is 1. The quantitative estimate of drug-likeness (QED) is 0.701. The van der Waals surface area contributed by atoms with Crippen molar-refractivity contribution in [3.05, 3.63) is 35.9 Å². The summed E-state index contributed by atoms with van der Waals surface area (Å²) in [5.74, 6) is -0.0556. The first-order chi connectivity index (χ1) is 10.9. The summed E-state index contributed by atoms with van der Waals surface area (Å²) in [7, 11) is 0. The Morgan fingerprint density at radius 3 is 2.29 bits per heavy atom. The van der Waals surface area contributed by atoms with Crippen molar-refractivity contribution in [3.8, 4) is 0 Å². The topological polar surface area (TPSA) is 29.5 Å². The van der Waals surface area contributed by atoms with Gasteiger partial charge in [0.1, 0.15) is 5.41 Å². The van der Waals surface area contributed by atoms with Crippen molar-refractivity contribution < 1.29 is 9.53 Å². The lowest BCUT2D eigenvalue weighted by molar-refractivity contribution is -0.153. The Morgan fingerprint density at radius 1 is 1.21 bits per heavy atom. The van der Waals surface area contributed by atoms with Gasteiger partial charge in [-0.3, -0.25) is 9.69 Å². The molecule has 0 N–H and O–H groups in total. The van der Waals surface area contributed by atoms with E-state index >= 15 is 0 Å². The smallest absolute Gasteiger partial charge is 0.318 e. The van der Waals surface area contributed by atoms with Crippen LogP contribution < -0.4 is 0 Å².